The van der Waals surface area contributed by atoms with Crippen molar-refractivity contribution in [3.63, 3.8) is 0 Å². The number of fused-ring (bicyclic) bond motifs is 1. The second kappa shape index (κ2) is 12.9. The lowest BCUT2D eigenvalue weighted by Crippen LogP contribution is -2.20. The fraction of sp³-hybridized carbons (Fsp3) is 0.571. The number of anilines is 1. The topological polar surface area (TPSA) is 24.1 Å². The first-order chi connectivity index (χ1) is 15.7. The largest absolute Gasteiger partial charge is 0.417 e. The summed E-state index contributed by atoms with van der Waals surface area (Å²) in [5, 5.41) is 6.54. The third-order valence-electron chi connectivity index (χ3n) is 6.40. The van der Waals surface area contributed by atoms with E-state index in [2.05, 4.69) is 24.1 Å². The molecule has 184 valence electrons. The highest BCUT2D eigenvalue weighted by Gasteiger charge is 2.39. The Bertz CT molecular complexity index is 863. The minimum atomic E-state index is -4.45. The molecule has 1 aromatic rings. The summed E-state index contributed by atoms with van der Waals surface area (Å²) in [4.78, 5) is 0. The van der Waals surface area contributed by atoms with E-state index in [0.717, 1.165) is 42.3 Å². The van der Waals surface area contributed by atoms with Crippen LogP contribution in [-0.4, -0.2) is 12.7 Å². The summed E-state index contributed by atoms with van der Waals surface area (Å²) < 4.78 is 41.8. The highest BCUT2D eigenvalue weighted by Crippen LogP contribution is 2.45. The van der Waals surface area contributed by atoms with Crippen LogP contribution in [0, 0.1) is 6.92 Å². The maximum atomic E-state index is 13.9. The van der Waals surface area contributed by atoms with Crippen LogP contribution in [0.3, 0.4) is 0 Å². The molecular formula is C28H41F3N2. The van der Waals surface area contributed by atoms with Gasteiger partial charge in [0.15, 0.2) is 0 Å². The fourth-order valence-corrected chi connectivity index (χ4v) is 4.60. The lowest BCUT2D eigenvalue weighted by atomic mass is 9.86. The van der Waals surface area contributed by atoms with E-state index in [4.69, 9.17) is 0 Å². The molecule has 2 N–H and O–H groups in total. The molecule has 1 heterocycles. The Hall–Kier alpha value is -2.17. The molecule has 0 saturated carbocycles. The number of allylic oxidation sites excluding steroid dienone is 4. The number of nitrogens with one attached hydrogen (secondary N) is 2. The summed E-state index contributed by atoms with van der Waals surface area (Å²) in [6.07, 6.45) is 8.84. The molecule has 1 aromatic carbocycles. The second-order valence-electron chi connectivity index (χ2n) is 9.10. The smallest absolute Gasteiger partial charge is 0.388 e. The molecular weight excluding hydrogens is 421 g/mol. The van der Waals surface area contributed by atoms with E-state index >= 15 is 0 Å². The molecule has 2 nitrogen and oxygen atoms in total. The molecule has 0 aliphatic carbocycles. The Labute approximate surface area is 198 Å². The number of unbranched alkanes of at least 4 members (excludes halogenated alkanes) is 8. The van der Waals surface area contributed by atoms with Crippen molar-refractivity contribution in [2.24, 2.45) is 0 Å². The maximum absolute atomic E-state index is 13.9. The second-order valence-corrected chi connectivity index (χ2v) is 9.10. The van der Waals surface area contributed by atoms with Gasteiger partial charge in [0.25, 0.3) is 0 Å². The molecule has 1 aliphatic heterocycles. The standard InChI is InChI=1S/C28H41F3N2/c1-6-8-9-10-11-12-13-14-15-18-32-24(7-2)22(5)26-20(3)16-17-25-27(26)23(28(29,30)31)19-21(4)33-25/h16-17,19,32-33H,4,6-15,18H2,1-3,5H3/b24-22-. The van der Waals surface area contributed by atoms with Gasteiger partial charge in [-0.05, 0) is 55.5 Å². The zero-order chi connectivity index (χ0) is 24.4. The number of benzene rings is 1. The highest BCUT2D eigenvalue weighted by molar-refractivity contribution is 5.93. The minimum absolute atomic E-state index is 0.225. The van der Waals surface area contributed by atoms with Crippen LogP contribution in [0.2, 0.25) is 0 Å². The monoisotopic (exact) mass is 462 g/mol. The Kier molecular flexibility index (Phi) is 10.6. The van der Waals surface area contributed by atoms with Crippen LogP contribution in [-0.2, 0) is 0 Å². The molecule has 33 heavy (non-hydrogen) atoms. The molecule has 0 unspecified atom stereocenters. The molecule has 0 aromatic heterocycles. The van der Waals surface area contributed by atoms with Crippen LogP contribution in [0.15, 0.2) is 36.2 Å². The molecule has 0 atom stereocenters. The Balaban J connectivity index is 2.10. The highest BCUT2D eigenvalue weighted by atomic mass is 19.4. The van der Waals surface area contributed by atoms with E-state index in [1.54, 1.807) is 6.07 Å². The SMILES string of the molecule is C=C1C=C(C(F)(F)F)c2c(ccc(C)c2/C(C)=C(/CC)NCCCCCCCCCCC)N1. The van der Waals surface area contributed by atoms with Crippen molar-refractivity contribution < 1.29 is 13.2 Å². The third kappa shape index (κ3) is 7.68. The summed E-state index contributed by atoms with van der Waals surface area (Å²) in [7, 11) is 0. The molecule has 0 saturated heterocycles. The quantitative estimate of drug-likeness (QED) is 0.286. The molecule has 0 amide bonds. The van der Waals surface area contributed by atoms with Crippen molar-refractivity contribution in [2.45, 2.75) is 98.1 Å². The minimum Gasteiger partial charge on any atom is -0.388 e. The zero-order valence-corrected chi connectivity index (χ0v) is 20.9. The average molecular weight is 463 g/mol. The zero-order valence-electron chi connectivity index (χ0n) is 20.9. The summed E-state index contributed by atoms with van der Waals surface area (Å²) in [6, 6.07) is 3.59. The van der Waals surface area contributed by atoms with Crippen LogP contribution in [0.25, 0.3) is 11.1 Å². The van der Waals surface area contributed by atoms with Gasteiger partial charge in [0, 0.05) is 29.2 Å². The average Bonchev–Trinajstić information content (AvgIpc) is 2.76. The van der Waals surface area contributed by atoms with Crippen molar-refractivity contribution in [1.82, 2.24) is 5.32 Å². The van der Waals surface area contributed by atoms with Gasteiger partial charge in [-0.3, -0.25) is 0 Å². The molecule has 5 heteroatoms. The van der Waals surface area contributed by atoms with Crippen LogP contribution < -0.4 is 10.6 Å². The van der Waals surface area contributed by atoms with Gasteiger partial charge in [0.2, 0.25) is 0 Å². The normalized spacial score (nSPS) is 14.4. The van der Waals surface area contributed by atoms with Crippen molar-refractivity contribution in [2.75, 3.05) is 11.9 Å². The summed E-state index contributed by atoms with van der Waals surface area (Å²) in [5.74, 6) is 0. The first-order valence-corrected chi connectivity index (χ1v) is 12.5. The first kappa shape index (κ1) is 27.1. The van der Waals surface area contributed by atoms with Crippen molar-refractivity contribution in [3.05, 3.63) is 52.9 Å². The Morgan fingerprint density at radius 2 is 1.58 bits per heavy atom. The van der Waals surface area contributed by atoms with Crippen LogP contribution >= 0.6 is 0 Å². The molecule has 2 rings (SSSR count). The summed E-state index contributed by atoms with van der Waals surface area (Å²) in [6.45, 7) is 12.6. The first-order valence-electron chi connectivity index (χ1n) is 12.5. The number of aryl methyl sites for hydroxylation is 1. The van der Waals surface area contributed by atoms with E-state index in [-0.39, 0.29) is 11.3 Å². The molecule has 0 fully saturated rings. The molecule has 0 bridgehead atoms. The summed E-state index contributed by atoms with van der Waals surface area (Å²) in [5.41, 5.74) is 3.70. The molecule has 1 aliphatic rings. The van der Waals surface area contributed by atoms with E-state index in [0.29, 0.717) is 11.3 Å². The van der Waals surface area contributed by atoms with Gasteiger partial charge in [-0.1, -0.05) is 77.9 Å². The van der Waals surface area contributed by atoms with E-state index in [1.807, 2.05) is 26.8 Å². The van der Waals surface area contributed by atoms with Crippen LogP contribution in [0.5, 0.6) is 0 Å². The lowest BCUT2D eigenvalue weighted by molar-refractivity contribution is -0.0689. The van der Waals surface area contributed by atoms with Crippen molar-refractivity contribution in [1.29, 1.82) is 0 Å². The third-order valence-corrected chi connectivity index (χ3v) is 6.40. The predicted molar refractivity (Wildman–Crippen MR) is 136 cm³/mol. The van der Waals surface area contributed by atoms with Gasteiger partial charge in [0.1, 0.15) is 0 Å². The number of alkyl halides is 3. The van der Waals surface area contributed by atoms with E-state index in [9.17, 15) is 13.2 Å². The van der Waals surface area contributed by atoms with Gasteiger partial charge >= 0.3 is 6.18 Å². The maximum Gasteiger partial charge on any atom is 0.417 e. The van der Waals surface area contributed by atoms with Crippen molar-refractivity contribution in [3.8, 4) is 0 Å². The Morgan fingerprint density at radius 3 is 2.15 bits per heavy atom. The van der Waals surface area contributed by atoms with Gasteiger partial charge in [-0.25, -0.2) is 0 Å². The fourth-order valence-electron chi connectivity index (χ4n) is 4.60. The van der Waals surface area contributed by atoms with Crippen LogP contribution in [0.1, 0.15) is 102 Å². The Morgan fingerprint density at radius 1 is 0.970 bits per heavy atom. The lowest BCUT2D eigenvalue weighted by Gasteiger charge is -2.27. The van der Waals surface area contributed by atoms with Crippen LogP contribution in [0.4, 0.5) is 18.9 Å². The van der Waals surface area contributed by atoms with E-state index < -0.39 is 11.7 Å². The number of hydrogen-bond acceptors (Lipinski definition) is 2. The number of hydrogen-bond donors (Lipinski definition) is 2. The number of rotatable bonds is 13. The molecule has 0 radical (unpaired) electrons. The van der Waals surface area contributed by atoms with Gasteiger partial charge < -0.3 is 10.6 Å². The van der Waals surface area contributed by atoms with Gasteiger partial charge in [0.05, 0.1) is 5.57 Å². The molecule has 0 spiro atoms. The van der Waals surface area contributed by atoms with E-state index in [1.165, 1.54) is 51.4 Å². The number of halogens is 3. The van der Waals surface area contributed by atoms with Gasteiger partial charge in [-0.2, -0.15) is 13.2 Å². The summed E-state index contributed by atoms with van der Waals surface area (Å²) >= 11 is 0. The van der Waals surface area contributed by atoms with Gasteiger partial charge in [-0.15, -0.1) is 0 Å². The predicted octanol–water partition coefficient (Wildman–Crippen LogP) is 9.14. The van der Waals surface area contributed by atoms with Crippen molar-refractivity contribution >= 4 is 16.8 Å².